The van der Waals surface area contributed by atoms with Crippen LogP contribution in [0, 0.1) is 5.92 Å². The van der Waals surface area contributed by atoms with Crippen LogP contribution in [0.4, 0.5) is 0 Å². The molecule has 1 unspecified atom stereocenters. The van der Waals surface area contributed by atoms with Gasteiger partial charge in [-0.3, -0.25) is 14.3 Å². The first kappa shape index (κ1) is 20.1. The second-order valence-corrected chi connectivity index (χ2v) is 7.24. The van der Waals surface area contributed by atoms with E-state index in [9.17, 15) is 9.59 Å². The SMILES string of the molecule is CCCc1c(C(=O)N2CCCC(C(=O)OCC)C2)cnn1Cc1ccccc1. The number of hydrogen-bond donors (Lipinski definition) is 0. The van der Waals surface area contributed by atoms with Crippen LogP contribution >= 0.6 is 0 Å². The summed E-state index contributed by atoms with van der Waals surface area (Å²) in [5.41, 5.74) is 2.78. The Balaban J connectivity index is 1.78. The van der Waals surface area contributed by atoms with Gasteiger partial charge in [-0.15, -0.1) is 0 Å². The van der Waals surface area contributed by atoms with Gasteiger partial charge in [-0.25, -0.2) is 0 Å². The molecule has 28 heavy (non-hydrogen) atoms. The summed E-state index contributed by atoms with van der Waals surface area (Å²) in [5, 5.41) is 4.51. The Morgan fingerprint density at radius 1 is 1.21 bits per heavy atom. The van der Waals surface area contributed by atoms with Gasteiger partial charge < -0.3 is 9.64 Å². The van der Waals surface area contributed by atoms with Crippen molar-refractivity contribution in [3.63, 3.8) is 0 Å². The molecule has 0 N–H and O–H groups in total. The van der Waals surface area contributed by atoms with E-state index in [1.807, 2.05) is 29.8 Å². The number of esters is 1. The molecule has 1 aliphatic rings. The molecule has 1 fully saturated rings. The van der Waals surface area contributed by atoms with E-state index >= 15 is 0 Å². The third kappa shape index (κ3) is 4.61. The van der Waals surface area contributed by atoms with Gasteiger partial charge in [-0.2, -0.15) is 5.10 Å². The number of amides is 1. The second-order valence-electron chi connectivity index (χ2n) is 7.24. The first-order valence-corrected chi connectivity index (χ1v) is 10.2. The summed E-state index contributed by atoms with van der Waals surface area (Å²) in [4.78, 5) is 27.1. The van der Waals surface area contributed by atoms with Crippen LogP contribution in [0.5, 0.6) is 0 Å². The van der Waals surface area contributed by atoms with Gasteiger partial charge in [0.1, 0.15) is 0 Å². The predicted molar refractivity (Wildman–Crippen MR) is 107 cm³/mol. The third-order valence-electron chi connectivity index (χ3n) is 5.17. The fourth-order valence-electron chi connectivity index (χ4n) is 3.77. The highest BCUT2D eigenvalue weighted by Gasteiger charge is 2.31. The molecule has 6 nitrogen and oxygen atoms in total. The van der Waals surface area contributed by atoms with Crippen LogP contribution in [0.15, 0.2) is 36.5 Å². The monoisotopic (exact) mass is 383 g/mol. The van der Waals surface area contributed by atoms with Gasteiger partial charge in [-0.1, -0.05) is 43.7 Å². The van der Waals surface area contributed by atoms with Crippen LogP contribution in [0.25, 0.3) is 0 Å². The van der Waals surface area contributed by atoms with Gasteiger partial charge in [0, 0.05) is 13.1 Å². The Hall–Kier alpha value is -2.63. The van der Waals surface area contributed by atoms with Gasteiger partial charge in [-0.05, 0) is 31.7 Å². The van der Waals surface area contributed by atoms with Crippen LogP contribution in [0.2, 0.25) is 0 Å². The maximum Gasteiger partial charge on any atom is 0.310 e. The molecule has 6 heteroatoms. The number of piperidine rings is 1. The number of benzene rings is 1. The molecule has 2 heterocycles. The molecule has 0 radical (unpaired) electrons. The molecule has 1 atom stereocenters. The van der Waals surface area contributed by atoms with Crippen molar-refractivity contribution in [1.82, 2.24) is 14.7 Å². The number of hydrogen-bond acceptors (Lipinski definition) is 4. The molecule has 1 amide bonds. The number of ether oxygens (including phenoxy) is 1. The molecule has 0 spiro atoms. The summed E-state index contributed by atoms with van der Waals surface area (Å²) in [7, 11) is 0. The van der Waals surface area contributed by atoms with E-state index in [2.05, 4.69) is 24.2 Å². The molecule has 3 rings (SSSR count). The molecular formula is C22H29N3O3. The first-order chi connectivity index (χ1) is 13.6. The number of rotatable bonds is 7. The molecule has 1 saturated heterocycles. The maximum atomic E-state index is 13.2. The summed E-state index contributed by atoms with van der Waals surface area (Å²) >= 11 is 0. The number of likely N-dealkylation sites (tertiary alicyclic amines) is 1. The summed E-state index contributed by atoms with van der Waals surface area (Å²) in [6.07, 6.45) is 5.01. The summed E-state index contributed by atoms with van der Waals surface area (Å²) in [5.74, 6) is -0.461. The normalized spacial score (nSPS) is 16.8. The fraction of sp³-hybridized carbons (Fsp3) is 0.500. The van der Waals surface area contributed by atoms with Gasteiger partial charge in [0.15, 0.2) is 0 Å². The smallest absolute Gasteiger partial charge is 0.310 e. The zero-order chi connectivity index (χ0) is 19.9. The van der Waals surface area contributed by atoms with Crippen molar-refractivity contribution in [2.75, 3.05) is 19.7 Å². The summed E-state index contributed by atoms with van der Waals surface area (Å²) < 4.78 is 7.08. The van der Waals surface area contributed by atoms with E-state index in [-0.39, 0.29) is 17.8 Å². The lowest BCUT2D eigenvalue weighted by Gasteiger charge is -2.31. The lowest BCUT2D eigenvalue weighted by Crippen LogP contribution is -2.43. The molecule has 0 aliphatic carbocycles. The molecule has 150 valence electrons. The average Bonchev–Trinajstić information content (AvgIpc) is 3.11. The minimum absolute atomic E-state index is 0.0308. The van der Waals surface area contributed by atoms with Crippen molar-refractivity contribution in [3.8, 4) is 0 Å². The lowest BCUT2D eigenvalue weighted by atomic mass is 9.97. The van der Waals surface area contributed by atoms with E-state index in [1.165, 1.54) is 0 Å². The molecule has 2 aromatic rings. The molecule has 1 aromatic heterocycles. The standard InChI is InChI=1S/C22H29N3O3/c1-3-9-20-19(14-23-25(20)15-17-10-6-5-7-11-17)21(26)24-13-8-12-18(16-24)22(27)28-4-2/h5-7,10-11,14,18H,3-4,8-9,12-13,15-16H2,1-2H3. The van der Waals surface area contributed by atoms with Crippen LogP contribution in [0.3, 0.4) is 0 Å². The Morgan fingerprint density at radius 3 is 2.71 bits per heavy atom. The maximum absolute atomic E-state index is 13.2. The quantitative estimate of drug-likeness (QED) is 0.688. The minimum Gasteiger partial charge on any atom is -0.466 e. The molecular weight excluding hydrogens is 354 g/mol. The Kier molecular flexibility index (Phi) is 6.85. The Morgan fingerprint density at radius 2 is 2.00 bits per heavy atom. The van der Waals surface area contributed by atoms with Crippen LogP contribution < -0.4 is 0 Å². The van der Waals surface area contributed by atoms with E-state index < -0.39 is 0 Å². The van der Waals surface area contributed by atoms with Crippen LogP contribution in [-0.4, -0.2) is 46.3 Å². The van der Waals surface area contributed by atoms with E-state index in [0.29, 0.717) is 31.8 Å². The Bertz CT molecular complexity index is 801. The second kappa shape index (κ2) is 9.53. The van der Waals surface area contributed by atoms with Gasteiger partial charge in [0.05, 0.1) is 36.5 Å². The zero-order valence-electron chi connectivity index (χ0n) is 16.8. The van der Waals surface area contributed by atoms with Crippen molar-refractivity contribution >= 4 is 11.9 Å². The Labute approximate surface area is 166 Å². The molecule has 0 bridgehead atoms. The van der Waals surface area contributed by atoms with Crippen molar-refractivity contribution in [3.05, 3.63) is 53.3 Å². The minimum atomic E-state index is -0.230. The van der Waals surface area contributed by atoms with Crippen molar-refractivity contribution < 1.29 is 14.3 Å². The van der Waals surface area contributed by atoms with Gasteiger partial charge >= 0.3 is 5.97 Å². The highest BCUT2D eigenvalue weighted by molar-refractivity contribution is 5.95. The number of carbonyl (C=O) groups excluding carboxylic acids is 2. The third-order valence-corrected chi connectivity index (χ3v) is 5.17. The van der Waals surface area contributed by atoms with Gasteiger partial charge in [0.25, 0.3) is 5.91 Å². The highest BCUT2D eigenvalue weighted by Crippen LogP contribution is 2.22. The van der Waals surface area contributed by atoms with Crippen LogP contribution in [0.1, 0.15) is 54.7 Å². The van der Waals surface area contributed by atoms with Crippen molar-refractivity contribution in [2.24, 2.45) is 5.92 Å². The van der Waals surface area contributed by atoms with E-state index in [1.54, 1.807) is 11.1 Å². The van der Waals surface area contributed by atoms with E-state index in [0.717, 1.165) is 36.9 Å². The van der Waals surface area contributed by atoms with E-state index in [4.69, 9.17) is 4.74 Å². The largest absolute Gasteiger partial charge is 0.466 e. The van der Waals surface area contributed by atoms with Crippen molar-refractivity contribution in [2.45, 2.75) is 46.1 Å². The topological polar surface area (TPSA) is 64.4 Å². The van der Waals surface area contributed by atoms with Crippen molar-refractivity contribution in [1.29, 1.82) is 0 Å². The fourth-order valence-corrected chi connectivity index (χ4v) is 3.77. The van der Waals surface area contributed by atoms with Crippen LogP contribution in [-0.2, 0) is 22.5 Å². The first-order valence-electron chi connectivity index (χ1n) is 10.2. The van der Waals surface area contributed by atoms with Gasteiger partial charge in [0.2, 0.25) is 0 Å². The molecule has 0 saturated carbocycles. The summed E-state index contributed by atoms with van der Waals surface area (Å²) in [6.45, 7) is 6.02. The predicted octanol–water partition coefficient (Wildman–Crippen LogP) is 3.30. The number of nitrogens with zero attached hydrogens (tertiary/aromatic N) is 3. The molecule has 1 aromatic carbocycles. The average molecular weight is 383 g/mol. The lowest BCUT2D eigenvalue weighted by molar-refractivity contribution is -0.149. The highest BCUT2D eigenvalue weighted by atomic mass is 16.5. The number of carbonyl (C=O) groups is 2. The summed E-state index contributed by atoms with van der Waals surface area (Å²) in [6, 6.07) is 10.1. The molecule has 1 aliphatic heterocycles. The number of aromatic nitrogens is 2. The zero-order valence-corrected chi connectivity index (χ0v) is 16.8.